The standard InChI is InChI=1S/C15H16N2O6/c1-21-11-3-9(4-12(5-11)22-2)14(19)16-6-10(7-16)17-13(18)8-23-15(17)20/h3-5,10H,6-8H2,1-2H3. The van der Waals surface area contributed by atoms with E-state index in [9.17, 15) is 14.4 Å². The summed E-state index contributed by atoms with van der Waals surface area (Å²) in [5.74, 6) is 0.458. The predicted molar refractivity (Wildman–Crippen MR) is 77.4 cm³/mol. The van der Waals surface area contributed by atoms with Gasteiger partial charge in [-0.25, -0.2) is 9.69 Å². The average molecular weight is 320 g/mol. The van der Waals surface area contributed by atoms with Gasteiger partial charge in [0.05, 0.1) is 20.3 Å². The van der Waals surface area contributed by atoms with E-state index in [1.807, 2.05) is 0 Å². The Kier molecular flexibility index (Phi) is 3.81. The highest BCUT2D eigenvalue weighted by Crippen LogP contribution is 2.26. The largest absolute Gasteiger partial charge is 0.497 e. The molecule has 2 heterocycles. The van der Waals surface area contributed by atoms with Gasteiger partial charge in [-0.05, 0) is 12.1 Å². The topological polar surface area (TPSA) is 85.4 Å². The van der Waals surface area contributed by atoms with Gasteiger partial charge in [0.15, 0.2) is 6.61 Å². The summed E-state index contributed by atoms with van der Waals surface area (Å²) in [6, 6.07) is 4.59. The van der Waals surface area contributed by atoms with Crippen LogP contribution in [0.5, 0.6) is 11.5 Å². The highest BCUT2D eigenvalue weighted by atomic mass is 16.6. The fourth-order valence-corrected chi connectivity index (χ4v) is 2.62. The predicted octanol–water partition coefficient (Wildman–Crippen LogP) is 0.507. The summed E-state index contributed by atoms with van der Waals surface area (Å²) >= 11 is 0. The number of cyclic esters (lactones) is 1. The number of hydrogen-bond acceptors (Lipinski definition) is 6. The fourth-order valence-electron chi connectivity index (χ4n) is 2.62. The Morgan fingerprint density at radius 3 is 2.22 bits per heavy atom. The second-order valence-electron chi connectivity index (χ2n) is 5.28. The van der Waals surface area contributed by atoms with Gasteiger partial charge in [0.2, 0.25) is 0 Å². The Bertz CT molecular complexity index is 630. The van der Waals surface area contributed by atoms with E-state index < -0.39 is 6.09 Å². The highest BCUT2D eigenvalue weighted by Gasteiger charge is 2.44. The highest BCUT2D eigenvalue weighted by molar-refractivity contribution is 5.99. The van der Waals surface area contributed by atoms with E-state index in [0.29, 0.717) is 30.2 Å². The van der Waals surface area contributed by atoms with Crippen LogP contribution in [-0.2, 0) is 9.53 Å². The molecule has 8 heteroatoms. The van der Waals surface area contributed by atoms with Crippen molar-refractivity contribution in [1.29, 1.82) is 0 Å². The molecule has 0 aromatic heterocycles. The number of carbonyl (C=O) groups excluding carboxylic acids is 3. The molecule has 2 saturated heterocycles. The first kappa shape index (κ1) is 15.1. The van der Waals surface area contributed by atoms with Crippen molar-refractivity contribution in [3.05, 3.63) is 23.8 Å². The third kappa shape index (κ3) is 2.67. The maximum Gasteiger partial charge on any atom is 0.417 e. The third-order valence-electron chi connectivity index (χ3n) is 3.90. The monoisotopic (exact) mass is 320 g/mol. The van der Waals surface area contributed by atoms with Crippen LogP contribution in [-0.4, -0.2) is 67.7 Å². The minimum atomic E-state index is -0.643. The molecule has 8 nitrogen and oxygen atoms in total. The Labute approximate surface area is 132 Å². The van der Waals surface area contributed by atoms with Gasteiger partial charge in [0, 0.05) is 24.7 Å². The van der Waals surface area contributed by atoms with Crippen molar-refractivity contribution in [2.24, 2.45) is 0 Å². The molecule has 2 aliphatic heterocycles. The molecule has 0 saturated carbocycles. The summed E-state index contributed by atoms with van der Waals surface area (Å²) in [5, 5.41) is 0. The summed E-state index contributed by atoms with van der Waals surface area (Å²) in [7, 11) is 3.01. The number of benzene rings is 1. The van der Waals surface area contributed by atoms with Gasteiger partial charge >= 0.3 is 6.09 Å². The van der Waals surface area contributed by atoms with E-state index in [1.54, 1.807) is 23.1 Å². The zero-order valence-electron chi connectivity index (χ0n) is 12.8. The molecule has 1 aromatic carbocycles. The zero-order chi connectivity index (χ0) is 16.6. The molecule has 0 unspecified atom stereocenters. The zero-order valence-corrected chi connectivity index (χ0v) is 12.8. The molecule has 2 aliphatic rings. The summed E-state index contributed by atoms with van der Waals surface area (Å²) < 4.78 is 15.0. The average Bonchev–Trinajstić information content (AvgIpc) is 2.85. The van der Waals surface area contributed by atoms with Crippen molar-refractivity contribution < 1.29 is 28.6 Å². The molecule has 3 rings (SSSR count). The van der Waals surface area contributed by atoms with E-state index in [4.69, 9.17) is 9.47 Å². The minimum Gasteiger partial charge on any atom is -0.497 e. The van der Waals surface area contributed by atoms with Gasteiger partial charge in [-0.3, -0.25) is 9.59 Å². The molecule has 0 spiro atoms. The smallest absolute Gasteiger partial charge is 0.417 e. The van der Waals surface area contributed by atoms with E-state index in [-0.39, 0.29) is 24.5 Å². The molecular weight excluding hydrogens is 304 g/mol. The van der Waals surface area contributed by atoms with Gasteiger partial charge in [-0.1, -0.05) is 0 Å². The van der Waals surface area contributed by atoms with Crippen LogP contribution in [0.15, 0.2) is 18.2 Å². The summed E-state index contributed by atoms with van der Waals surface area (Å²) in [6.45, 7) is 0.356. The van der Waals surface area contributed by atoms with Crippen LogP contribution >= 0.6 is 0 Å². The number of methoxy groups -OCH3 is 2. The van der Waals surface area contributed by atoms with E-state index >= 15 is 0 Å². The lowest BCUT2D eigenvalue weighted by Crippen LogP contribution is -2.62. The molecule has 0 bridgehead atoms. The first-order chi connectivity index (χ1) is 11.0. The van der Waals surface area contributed by atoms with Crippen molar-refractivity contribution in [2.45, 2.75) is 6.04 Å². The number of likely N-dealkylation sites (tertiary alicyclic amines) is 1. The molecule has 3 amide bonds. The SMILES string of the molecule is COc1cc(OC)cc(C(=O)N2CC(N3C(=O)COC3=O)C2)c1. The lowest BCUT2D eigenvalue weighted by Gasteiger charge is -2.42. The van der Waals surface area contributed by atoms with E-state index in [1.165, 1.54) is 14.2 Å². The van der Waals surface area contributed by atoms with Gasteiger partial charge in [0.1, 0.15) is 11.5 Å². The van der Waals surface area contributed by atoms with Crippen LogP contribution < -0.4 is 9.47 Å². The molecule has 0 radical (unpaired) electrons. The minimum absolute atomic E-state index is 0.210. The van der Waals surface area contributed by atoms with Crippen molar-refractivity contribution in [2.75, 3.05) is 33.9 Å². The normalized spacial score (nSPS) is 17.8. The number of imide groups is 1. The number of hydrogen-bond donors (Lipinski definition) is 0. The summed E-state index contributed by atoms with van der Waals surface area (Å²) in [5.41, 5.74) is 0.426. The number of rotatable bonds is 4. The van der Waals surface area contributed by atoms with Crippen molar-refractivity contribution >= 4 is 17.9 Å². The maximum atomic E-state index is 12.5. The van der Waals surface area contributed by atoms with Gasteiger partial charge in [-0.15, -0.1) is 0 Å². The van der Waals surface area contributed by atoms with Crippen molar-refractivity contribution in [3.8, 4) is 11.5 Å². The quantitative estimate of drug-likeness (QED) is 0.803. The van der Waals surface area contributed by atoms with Crippen LogP contribution in [0.2, 0.25) is 0 Å². The fraction of sp³-hybridized carbons (Fsp3) is 0.400. The van der Waals surface area contributed by atoms with E-state index in [2.05, 4.69) is 4.74 Å². The Hall–Kier alpha value is -2.77. The first-order valence-corrected chi connectivity index (χ1v) is 7.04. The molecule has 2 fully saturated rings. The molecule has 23 heavy (non-hydrogen) atoms. The summed E-state index contributed by atoms with van der Waals surface area (Å²) in [4.78, 5) is 38.2. The second-order valence-corrected chi connectivity index (χ2v) is 5.28. The van der Waals surface area contributed by atoms with Gasteiger partial charge < -0.3 is 19.1 Å². The number of amides is 3. The van der Waals surface area contributed by atoms with Crippen molar-refractivity contribution in [1.82, 2.24) is 9.80 Å². The molecule has 0 N–H and O–H groups in total. The third-order valence-corrected chi connectivity index (χ3v) is 3.90. The van der Waals surface area contributed by atoms with Crippen molar-refractivity contribution in [3.63, 3.8) is 0 Å². The van der Waals surface area contributed by atoms with Crippen LogP contribution in [0.4, 0.5) is 4.79 Å². The molecular formula is C15H16N2O6. The van der Waals surface area contributed by atoms with Gasteiger partial charge in [-0.2, -0.15) is 0 Å². The van der Waals surface area contributed by atoms with Gasteiger partial charge in [0.25, 0.3) is 11.8 Å². The molecule has 0 aliphatic carbocycles. The van der Waals surface area contributed by atoms with Crippen LogP contribution in [0.1, 0.15) is 10.4 Å². The molecule has 0 atom stereocenters. The molecule has 1 aromatic rings. The first-order valence-electron chi connectivity index (χ1n) is 7.04. The lowest BCUT2D eigenvalue weighted by atomic mass is 10.0. The van der Waals surface area contributed by atoms with E-state index in [0.717, 1.165) is 4.90 Å². The Morgan fingerprint density at radius 2 is 1.74 bits per heavy atom. The van der Waals surface area contributed by atoms with Crippen LogP contribution in [0, 0.1) is 0 Å². The number of ether oxygens (including phenoxy) is 3. The van der Waals surface area contributed by atoms with Crippen LogP contribution in [0.3, 0.4) is 0 Å². The second kappa shape index (κ2) is 5.79. The Balaban J connectivity index is 1.69. The number of carbonyl (C=O) groups is 3. The summed E-state index contributed by atoms with van der Waals surface area (Å²) in [6.07, 6.45) is -0.643. The molecule has 122 valence electrons. The maximum absolute atomic E-state index is 12.5. The number of nitrogens with zero attached hydrogens (tertiary/aromatic N) is 2. The lowest BCUT2D eigenvalue weighted by molar-refractivity contribution is -0.129. The van der Waals surface area contributed by atoms with Crippen LogP contribution in [0.25, 0.3) is 0 Å². The Morgan fingerprint density at radius 1 is 1.13 bits per heavy atom.